The molecule has 0 aliphatic rings. The van der Waals surface area contributed by atoms with Crippen LogP contribution >= 0.6 is 0 Å². The molecule has 0 unspecified atom stereocenters. The number of hydrogen-bond acceptors (Lipinski definition) is 3. The maximum atomic E-state index is 10.8. The zero-order chi connectivity index (χ0) is 8.91. The number of ether oxygens (including phenoxy) is 1. The fraction of sp³-hybridized carbons (Fsp3) is 0.875. The molecular weight excluding hydrogens is 142 g/mol. The lowest BCUT2D eigenvalue weighted by atomic mass is 9.86. The largest absolute Gasteiger partial charge is 0.469 e. The molecule has 0 rings (SSSR count). The van der Waals surface area contributed by atoms with Crippen LogP contribution in [0.25, 0.3) is 0 Å². The molecule has 0 fully saturated rings. The van der Waals surface area contributed by atoms with Crippen LogP contribution in [0, 0.1) is 5.41 Å². The lowest BCUT2D eigenvalue weighted by Gasteiger charge is -2.21. The van der Waals surface area contributed by atoms with Crippen LogP contribution in [0.4, 0.5) is 0 Å². The number of esters is 1. The van der Waals surface area contributed by atoms with Gasteiger partial charge in [0.2, 0.25) is 0 Å². The highest BCUT2D eigenvalue weighted by Gasteiger charge is 2.21. The minimum Gasteiger partial charge on any atom is -0.469 e. The zero-order valence-electron chi connectivity index (χ0n) is 7.52. The molecule has 3 nitrogen and oxygen atoms in total. The number of carbonyl (C=O) groups excluding carboxylic acids is 1. The van der Waals surface area contributed by atoms with E-state index in [1.165, 1.54) is 7.11 Å². The van der Waals surface area contributed by atoms with Crippen LogP contribution in [-0.2, 0) is 9.53 Å². The van der Waals surface area contributed by atoms with E-state index in [4.69, 9.17) is 5.73 Å². The molecule has 2 N–H and O–H groups in total. The van der Waals surface area contributed by atoms with Crippen molar-refractivity contribution in [3.63, 3.8) is 0 Å². The van der Waals surface area contributed by atoms with Gasteiger partial charge in [0, 0.05) is 0 Å². The van der Waals surface area contributed by atoms with Gasteiger partial charge in [-0.05, 0) is 18.4 Å². The smallest absolute Gasteiger partial charge is 0.306 e. The van der Waals surface area contributed by atoms with Crippen LogP contribution < -0.4 is 5.73 Å². The van der Waals surface area contributed by atoms with Crippen molar-refractivity contribution in [2.75, 3.05) is 13.7 Å². The summed E-state index contributed by atoms with van der Waals surface area (Å²) < 4.78 is 4.55. The normalized spacial score (nSPS) is 11.3. The molecular formula is C8H17NO2. The Morgan fingerprint density at radius 3 is 2.45 bits per heavy atom. The highest BCUT2D eigenvalue weighted by atomic mass is 16.5. The lowest BCUT2D eigenvalue weighted by molar-refractivity contribution is -0.142. The van der Waals surface area contributed by atoms with Gasteiger partial charge in [-0.15, -0.1) is 0 Å². The summed E-state index contributed by atoms with van der Waals surface area (Å²) in [6.45, 7) is 4.64. The maximum absolute atomic E-state index is 10.8. The number of carbonyl (C=O) groups is 1. The summed E-state index contributed by atoms with van der Waals surface area (Å²) in [5.74, 6) is -0.163. The Labute approximate surface area is 67.9 Å². The molecule has 0 bridgehead atoms. The fourth-order valence-corrected chi connectivity index (χ4v) is 0.942. The second kappa shape index (κ2) is 4.34. The van der Waals surface area contributed by atoms with Gasteiger partial charge in [0.25, 0.3) is 0 Å². The predicted molar refractivity (Wildman–Crippen MR) is 44.1 cm³/mol. The molecule has 0 aromatic carbocycles. The molecule has 0 saturated carbocycles. The van der Waals surface area contributed by atoms with Gasteiger partial charge in [-0.25, -0.2) is 0 Å². The Morgan fingerprint density at radius 1 is 1.55 bits per heavy atom. The third-order valence-corrected chi connectivity index (χ3v) is 1.67. The minimum absolute atomic E-state index is 0.0259. The summed E-state index contributed by atoms with van der Waals surface area (Å²) >= 11 is 0. The molecule has 0 aromatic rings. The zero-order valence-corrected chi connectivity index (χ0v) is 7.52. The van der Waals surface area contributed by atoms with Crippen molar-refractivity contribution in [1.82, 2.24) is 0 Å². The van der Waals surface area contributed by atoms with Crippen LogP contribution in [0.3, 0.4) is 0 Å². The van der Waals surface area contributed by atoms with E-state index in [1.54, 1.807) is 0 Å². The van der Waals surface area contributed by atoms with E-state index in [0.717, 1.165) is 6.42 Å². The molecule has 0 aliphatic carbocycles. The van der Waals surface area contributed by atoms with E-state index >= 15 is 0 Å². The van der Waals surface area contributed by atoms with E-state index in [-0.39, 0.29) is 11.4 Å². The Morgan fingerprint density at radius 2 is 2.09 bits per heavy atom. The van der Waals surface area contributed by atoms with Crippen LogP contribution in [0.15, 0.2) is 0 Å². The number of methoxy groups -OCH3 is 1. The van der Waals surface area contributed by atoms with Crippen molar-refractivity contribution in [2.45, 2.75) is 26.7 Å². The van der Waals surface area contributed by atoms with Crippen LogP contribution in [-0.4, -0.2) is 19.6 Å². The summed E-state index contributed by atoms with van der Waals surface area (Å²) in [6, 6.07) is 0. The molecule has 0 aromatic heterocycles. The first kappa shape index (κ1) is 10.4. The Bertz CT molecular complexity index is 132. The van der Waals surface area contributed by atoms with Crippen molar-refractivity contribution in [3.05, 3.63) is 0 Å². The van der Waals surface area contributed by atoms with Crippen molar-refractivity contribution >= 4 is 5.97 Å². The predicted octanol–water partition coefficient (Wildman–Crippen LogP) is 0.924. The van der Waals surface area contributed by atoms with Crippen molar-refractivity contribution in [2.24, 2.45) is 11.1 Å². The van der Waals surface area contributed by atoms with Gasteiger partial charge < -0.3 is 10.5 Å². The van der Waals surface area contributed by atoms with Gasteiger partial charge in [-0.1, -0.05) is 13.8 Å². The van der Waals surface area contributed by atoms with Crippen LogP contribution in [0.2, 0.25) is 0 Å². The van der Waals surface area contributed by atoms with Gasteiger partial charge >= 0.3 is 5.97 Å². The molecule has 11 heavy (non-hydrogen) atoms. The lowest BCUT2D eigenvalue weighted by Crippen LogP contribution is -2.21. The molecule has 0 radical (unpaired) electrons. The standard InChI is InChI=1S/C8H17NO2/c1-8(2,4-5-9)6-7(10)11-3/h4-6,9H2,1-3H3. The summed E-state index contributed by atoms with van der Waals surface area (Å²) in [7, 11) is 1.40. The highest BCUT2D eigenvalue weighted by molar-refractivity contribution is 5.69. The van der Waals surface area contributed by atoms with Crippen molar-refractivity contribution < 1.29 is 9.53 Å². The molecule has 3 heteroatoms. The third-order valence-electron chi connectivity index (χ3n) is 1.67. The van der Waals surface area contributed by atoms with Gasteiger partial charge in [0.05, 0.1) is 13.5 Å². The Hall–Kier alpha value is -0.570. The van der Waals surface area contributed by atoms with Crippen LogP contribution in [0.5, 0.6) is 0 Å². The fourth-order valence-electron chi connectivity index (χ4n) is 0.942. The number of hydrogen-bond donors (Lipinski definition) is 1. The summed E-state index contributed by atoms with van der Waals surface area (Å²) in [4.78, 5) is 10.8. The quantitative estimate of drug-likeness (QED) is 0.621. The second-order valence-corrected chi connectivity index (χ2v) is 3.46. The Kier molecular flexibility index (Phi) is 4.11. The van der Waals surface area contributed by atoms with Gasteiger partial charge in [0.1, 0.15) is 0 Å². The summed E-state index contributed by atoms with van der Waals surface area (Å²) in [5, 5.41) is 0. The van der Waals surface area contributed by atoms with Crippen molar-refractivity contribution in [3.8, 4) is 0 Å². The van der Waals surface area contributed by atoms with Gasteiger partial charge in [-0.3, -0.25) is 4.79 Å². The first-order chi connectivity index (χ1) is 5.02. The molecule has 0 atom stereocenters. The molecule has 66 valence electrons. The third kappa shape index (κ3) is 4.79. The highest BCUT2D eigenvalue weighted by Crippen LogP contribution is 2.24. The van der Waals surface area contributed by atoms with E-state index in [9.17, 15) is 4.79 Å². The summed E-state index contributed by atoms with van der Waals surface area (Å²) in [6.07, 6.45) is 1.29. The van der Waals surface area contributed by atoms with E-state index in [0.29, 0.717) is 13.0 Å². The second-order valence-electron chi connectivity index (χ2n) is 3.46. The molecule has 0 saturated heterocycles. The van der Waals surface area contributed by atoms with E-state index < -0.39 is 0 Å². The van der Waals surface area contributed by atoms with Crippen LogP contribution in [0.1, 0.15) is 26.7 Å². The maximum Gasteiger partial charge on any atom is 0.306 e. The molecule has 0 amide bonds. The van der Waals surface area contributed by atoms with E-state index in [1.807, 2.05) is 13.8 Å². The minimum atomic E-state index is -0.163. The number of rotatable bonds is 4. The SMILES string of the molecule is COC(=O)CC(C)(C)CCN. The number of nitrogens with two attached hydrogens (primary N) is 1. The van der Waals surface area contributed by atoms with E-state index in [2.05, 4.69) is 4.74 Å². The molecule has 0 spiro atoms. The topological polar surface area (TPSA) is 52.3 Å². The average Bonchev–Trinajstić information content (AvgIpc) is 1.86. The molecule has 0 aliphatic heterocycles. The monoisotopic (exact) mass is 159 g/mol. The van der Waals surface area contributed by atoms with Gasteiger partial charge in [0.15, 0.2) is 0 Å². The first-order valence-electron chi connectivity index (χ1n) is 3.79. The molecule has 0 heterocycles. The summed E-state index contributed by atoms with van der Waals surface area (Å²) in [5.41, 5.74) is 5.35. The van der Waals surface area contributed by atoms with Gasteiger partial charge in [-0.2, -0.15) is 0 Å². The first-order valence-corrected chi connectivity index (χ1v) is 3.79. The average molecular weight is 159 g/mol. The van der Waals surface area contributed by atoms with Crippen molar-refractivity contribution in [1.29, 1.82) is 0 Å². The Balaban J connectivity index is 3.80.